The summed E-state index contributed by atoms with van der Waals surface area (Å²) in [6.07, 6.45) is 4.42. The van der Waals surface area contributed by atoms with E-state index in [4.69, 9.17) is 14.9 Å². The highest BCUT2D eigenvalue weighted by atomic mass is 16.5. The molecule has 1 aromatic heterocycles. The number of furan rings is 1. The summed E-state index contributed by atoms with van der Waals surface area (Å²) >= 11 is 0. The summed E-state index contributed by atoms with van der Waals surface area (Å²) in [7, 11) is 0. The van der Waals surface area contributed by atoms with Crippen molar-refractivity contribution in [1.29, 1.82) is 0 Å². The molecule has 2 rings (SSSR count). The summed E-state index contributed by atoms with van der Waals surface area (Å²) in [5.41, 5.74) is 5.73. The van der Waals surface area contributed by atoms with Gasteiger partial charge in [0, 0.05) is 25.7 Å². The van der Waals surface area contributed by atoms with E-state index in [1.165, 1.54) is 12.8 Å². The van der Waals surface area contributed by atoms with Crippen LogP contribution in [0.2, 0.25) is 0 Å². The van der Waals surface area contributed by atoms with Gasteiger partial charge in [0.15, 0.2) is 0 Å². The second-order valence-corrected chi connectivity index (χ2v) is 4.55. The average molecular weight is 238 g/mol. The molecule has 0 amide bonds. The van der Waals surface area contributed by atoms with Crippen LogP contribution < -0.4 is 5.73 Å². The summed E-state index contributed by atoms with van der Waals surface area (Å²) in [5.74, 6) is 1.02. The molecular formula is C13H22N2O2. The van der Waals surface area contributed by atoms with Gasteiger partial charge in [0.25, 0.3) is 0 Å². The summed E-state index contributed by atoms with van der Waals surface area (Å²) < 4.78 is 11.0. The maximum Gasteiger partial charge on any atom is 0.117 e. The van der Waals surface area contributed by atoms with Gasteiger partial charge in [-0.15, -0.1) is 0 Å². The van der Waals surface area contributed by atoms with Crippen molar-refractivity contribution in [2.45, 2.75) is 38.5 Å². The fraction of sp³-hybridized carbons (Fsp3) is 0.692. The average Bonchev–Trinajstić information content (AvgIpc) is 3.06. The third-order valence-electron chi connectivity index (χ3n) is 3.11. The summed E-state index contributed by atoms with van der Waals surface area (Å²) in [6, 6.07) is 4.64. The van der Waals surface area contributed by atoms with E-state index in [1.807, 2.05) is 19.1 Å². The summed E-state index contributed by atoms with van der Waals surface area (Å²) in [4.78, 5) is 2.42. The van der Waals surface area contributed by atoms with Crippen LogP contribution in [0.4, 0.5) is 0 Å². The Hall–Kier alpha value is -0.840. The van der Waals surface area contributed by atoms with Crippen molar-refractivity contribution < 1.29 is 9.15 Å². The van der Waals surface area contributed by atoms with Crippen LogP contribution in [0.3, 0.4) is 0 Å². The van der Waals surface area contributed by atoms with Crippen molar-refractivity contribution in [3.05, 3.63) is 24.2 Å². The van der Waals surface area contributed by atoms with Gasteiger partial charge in [0.05, 0.1) is 18.9 Å². The number of hydrogen-bond donors (Lipinski definition) is 1. The van der Waals surface area contributed by atoms with Crippen LogP contribution in [-0.2, 0) is 11.3 Å². The highest BCUT2D eigenvalue weighted by molar-refractivity contribution is 5.00. The summed E-state index contributed by atoms with van der Waals surface area (Å²) in [5, 5.41) is 0. The Morgan fingerprint density at radius 1 is 1.59 bits per heavy atom. The lowest BCUT2D eigenvalue weighted by molar-refractivity contribution is 0.0332. The fourth-order valence-electron chi connectivity index (χ4n) is 2.08. The Bertz CT molecular complexity index is 309. The number of ether oxygens (including phenoxy) is 1. The van der Waals surface area contributed by atoms with Gasteiger partial charge in [0.2, 0.25) is 0 Å². The van der Waals surface area contributed by atoms with Crippen molar-refractivity contribution in [2.24, 2.45) is 5.73 Å². The van der Waals surface area contributed by atoms with E-state index in [9.17, 15) is 0 Å². The van der Waals surface area contributed by atoms with E-state index >= 15 is 0 Å². The van der Waals surface area contributed by atoms with E-state index in [0.717, 1.165) is 25.5 Å². The van der Waals surface area contributed by atoms with Crippen LogP contribution in [-0.4, -0.2) is 36.7 Å². The minimum atomic E-state index is 0.135. The number of hydrogen-bond acceptors (Lipinski definition) is 4. The van der Waals surface area contributed by atoms with Crippen LogP contribution in [0.1, 0.15) is 25.5 Å². The number of rotatable bonds is 8. The smallest absolute Gasteiger partial charge is 0.117 e. The largest absolute Gasteiger partial charge is 0.468 e. The van der Waals surface area contributed by atoms with E-state index < -0.39 is 0 Å². The van der Waals surface area contributed by atoms with Gasteiger partial charge >= 0.3 is 0 Å². The van der Waals surface area contributed by atoms with Gasteiger partial charge in [0.1, 0.15) is 5.76 Å². The van der Waals surface area contributed by atoms with Crippen LogP contribution in [0.25, 0.3) is 0 Å². The normalized spacial score (nSPS) is 17.6. The fourth-order valence-corrected chi connectivity index (χ4v) is 2.08. The topological polar surface area (TPSA) is 51.6 Å². The standard InChI is InChI=1S/C13H22N2O2/c1-2-16-13(8-14)10-15(11-5-6-11)9-12-4-3-7-17-12/h3-4,7,11,13H,2,5-6,8-10,14H2,1H3. The molecule has 0 spiro atoms. The first-order valence-electron chi connectivity index (χ1n) is 6.41. The lowest BCUT2D eigenvalue weighted by Gasteiger charge is -2.25. The third kappa shape index (κ3) is 3.84. The van der Waals surface area contributed by atoms with Crippen molar-refractivity contribution in [1.82, 2.24) is 4.90 Å². The SMILES string of the molecule is CCOC(CN)CN(Cc1ccco1)C1CC1. The lowest BCUT2D eigenvalue weighted by atomic mass is 10.3. The molecule has 1 heterocycles. The van der Waals surface area contributed by atoms with E-state index in [1.54, 1.807) is 6.26 Å². The minimum absolute atomic E-state index is 0.135. The van der Waals surface area contributed by atoms with Gasteiger partial charge in [-0.1, -0.05) is 0 Å². The zero-order valence-corrected chi connectivity index (χ0v) is 10.5. The Morgan fingerprint density at radius 3 is 2.94 bits per heavy atom. The molecule has 1 atom stereocenters. The maximum absolute atomic E-state index is 5.73. The first-order valence-corrected chi connectivity index (χ1v) is 6.41. The predicted octanol–water partition coefficient (Wildman–Crippen LogP) is 1.61. The van der Waals surface area contributed by atoms with Gasteiger partial charge in [-0.2, -0.15) is 0 Å². The Kier molecular flexibility index (Phi) is 4.59. The monoisotopic (exact) mass is 238 g/mol. The van der Waals surface area contributed by atoms with Crippen LogP contribution in [0.15, 0.2) is 22.8 Å². The van der Waals surface area contributed by atoms with Crippen molar-refractivity contribution >= 4 is 0 Å². The zero-order chi connectivity index (χ0) is 12.1. The second-order valence-electron chi connectivity index (χ2n) is 4.55. The summed E-state index contributed by atoms with van der Waals surface area (Å²) in [6.45, 7) is 5.07. The molecule has 0 aliphatic heterocycles. The molecule has 1 fully saturated rings. The van der Waals surface area contributed by atoms with Crippen molar-refractivity contribution in [3.63, 3.8) is 0 Å². The molecule has 1 unspecified atom stereocenters. The Labute approximate surface area is 103 Å². The Morgan fingerprint density at radius 2 is 2.41 bits per heavy atom. The Balaban J connectivity index is 1.88. The molecule has 0 saturated heterocycles. The van der Waals surface area contributed by atoms with Crippen LogP contribution in [0, 0.1) is 0 Å². The third-order valence-corrected chi connectivity index (χ3v) is 3.11. The van der Waals surface area contributed by atoms with E-state index in [0.29, 0.717) is 12.6 Å². The molecule has 4 nitrogen and oxygen atoms in total. The number of nitrogens with zero attached hydrogens (tertiary/aromatic N) is 1. The first-order chi connectivity index (χ1) is 8.33. The van der Waals surface area contributed by atoms with Crippen molar-refractivity contribution in [3.8, 4) is 0 Å². The second kappa shape index (κ2) is 6.19. The minimum Gasteiger partial charge on any atom is -0.468 e. The molecule has 0 bridgehead atoms. The van der Waals surface area contributed by atoms with Gasteiger partial charge in [-0.25, -0.2) is 0 Å². The molecule has 1 saturated carbocycles. The predicted molar refractivity (Wildman–Crippen MR) is 66.6 cm³/mol. The van der Waals surface area contributed by atoms with E-state index in [2.05, 4.69) is 4.90 Å². The highest BCUT2D eigenvalue weighted by Gasteiger charge is 2.30. The van der Waals surface area contributed by atoms with Gasteiger partial charge in [-0.05, 0) is 31.9 Å². The van der Waals surface area contributed by atoms with E-state index in [-0.39, 0.29) is 6.10 Å². The maximum atomic E-state index is 5.73. The molecule has 17 heavy (non-hydrogen) atoms. The molecular weight excluding hydrogens is 216 g/mol. The number of nitrogens with two attached hydrogens (primary N) is 1. The molecule has 1 aliphatic rings. The van der Waals surface area contributed by atoms with Crippen LogP contribution in [0.5, 0.6) is 0 Å². The quantitative estimate of drug-likeness (QED) is 0.747. The molecule has 4 heteroatoms. The molecule has 2 N–H and O–H groups in total. The first kappa shape index (κ1) is 12.6. The highest BCUT2D eigenvalue weighted by Crippen LogP contribution is 2.28. The lowest BCUT2D eigenvalue weighted by Crippen LogP contribution is -2.39. The molecule has 96 valence electrons. The van der Waals surface area contributed by atoms with Gasteiger partial charge in [-0.3, -0.25) is 4.90 Å². The van der Waals surface area contributed by atoms with Crippen molar-refractivity contribution in [2.75, 3.05) is 19.7 Å². The molecule has 1 aliphatic carbocycles. The van der Waals surface area contributed by atoms with Crippen LogP contribution >= 0.6 is 0 Å². The molecule has 1 aromatic rings. The van der Waals surface area contributed by atoms with Gasteiger partial charge < -0.3 is 14.9 Å². The molecule has 0 radical (unpaired) electrons. The zero-order valence-electron chi connectivity index (χ0n) is 10.5. The molecule has 0 aromatic carbocycles.